The van der Waals surface area contributed by atoms with Gasteiger partial charge < -0.3 is 10.1 Å². The maximum Gasteiger partial charge on any atom is 0.261 e. The molecule has 0 radical (unpaired) electrons. The minimum atomic E-state index is -0.762. The Hall–Kier alpha value is -1.43. The molecular formula is C18H16Cl2FNO2S. The summed E-state index contributed by atoms with van der Waals surface area (Å²) in [5.74, 6) is 0.611. The standard InChI is InChI=1S/C18H16Cl2FNO2S/c1-10(24-15-4-2-3-13(19)17(15)20)18(23)22-14-7-8-25-16-6-5-11(21)9-12(14)16/h2-6,9-10,14H,7-8H2,1H3,(H,22,23). The molecular weight excluding hydrogens is 384 g/mol. The number of amides is 1. The van der Waals surface area contributed by atoms with E-state index in [1.165, 1.54) is 12.1 Å². The van der Waals surface area contributed by atoms with Crippen molar-refractivity contribution in [2.75, 3.05) is 5.75 Å². The SMILES string of the molecule is CC(Oc1cccc(Cl)c1Cl)C(=O)NC1CCSc2ccc(F)cc21. The maximum absolute atomic E-state index is 13.6. The number of hydrogen-bond acceptors (Lipinski definition) is 3. The Balaban J connectivity index is 1.70. The summed E-state index contributed by atoms with van der Waals surface area (Å²) in [5, 5.41) is 3.57. The van der Waals surface area contributed by atoms with Gasteiger partial charge in [-0.15, -0.1) is 11.8 Å². The highest BCUT2D eigenvalue weighted by Gasteiger charge is 2.26. The predicted octanol–water partition coefficient (Wildman–Crippen LogP) is 5.25. The van der Waals surface area contributed by atoms with E-state index in [9.17, 15) is 9.18 Å². The van der Waals surface area contributed by atoms with E-state index in [1.807, 2.05) is 0 Å². The van der Waals surface area contributed by atoms with Gasteiger partial charge in [-0.1, -0.05) is 29.3 Å². The van der Waals surface area contributed by atoms with Crippen molar-refractivity contribution in [2.45, 2.75) is 30.4 Å². The van der Waals surface area contributed by atoms with E-state index < -0.39 is 6.10 Å². The maximum atomic E-state index is 13.6. The van der Waals surface area contributed by atoms with Crippen LogP contribution in [0.1, 0.15) is 24.9 Å². The summed E-state index contributed by atoms with van der Waals surface area (Å²) in [6.07, 6.45) is -0.0279. The predicted molar refractivity (Wildman–Crippen MR) is 99.2 cm³/mol. The molecule has 3 nitrogen and oxygen atoms in total. The minimum Gasteiger partial charge on any atom is -0.479 e. The van der Waals surface area contributed by atoms with Crippen molar-refractivity contribution >= 4 is 40.9 Å². The number of hydrogen-bond donors (Lipinski definition) is 1. The van der Waals surface area contributed by atoms with Crippen LogP contribution < -0.4 is 10.1 Å². The number of carbonyl (C=O) groups excluding carboxylic acids is 1. The van der Waals surface area contributed by atoms with Crippen molar-refractivity contribution in [3.63, 3.8) is 0 Å². The molecule has 0 saturated carbocycles. The number of thioether (sulfide) groups is 1. The third-order valence-electron chi connectivity index (χ3n) is 3.92. The molecule has 2 unspecified atom stereocenters. The summed E-state index contributed by atoms with van der Waals surface area (Å²) < 4.78 is 19.2. The molecule has 0 aromatic heterocycles. The summed E-state index contributed by atoms with van der Waals surface area (Å²) in [5.41, 5.74) is 0.803. The molecule has 1 heterocycles. The Bertz CT molecular complexity index is 803. The molecule has 25 heavy (non-hydrogen) atoms. The van der Waals surface area contributed by atoms with Gasteiger partial charge in [-0.25, -0.2) is 4.39 Å². The van der Waals surface area contributed by atoms with Crippen LogP contribution in [0.4, 0.5) is 4.39 Å². The van der Waals surface area contributed by atoms with Crippen molar-refractivity contribution in [1.29, 1.82) is 0 Å². The van der Waals surface area contributed by atoms with E-state index in [1.54, 1.807) is 43.0 Å². The summed E-state index contributed by atoms with van der Waals surface area (Å²) in [6, 6.07) is 9.42. The fourth-order valence-corrected chi connectivity index (χ4v) is 4.07. The van der Waals surface area contributed by atoms with Crippen LogP contribution in [0.5, 0.6) is 5.75 Å². The van der Waals surface area contributed by atoms with Crippen molar-refractivity contribution < 1.29 is 13.9 Å². The van der Waals surface area contributed by atoms with Crippen molar-refractivity contribution in [2.24, 2.45) is 0 Å². The molecule has 1 amide bonds. The molecule has 132 valence electrons. The number of nitrogens with one attached hydrogen (secondary N) is 1. The second kappa shape index (κ2) is 7.85. The van der Waals surface area contributed by atoms with Gasteiger partial charge in [-0.3, -0.25) is 4.79 Å². The second-order valence-electron chi connectivity index (χ2n) is 5.69. The van der Waals surface area contributed by atoms with E-state index in [0.29, 0.717) is 10.8 Å². The van der Waals surface area contributed by atoms with Gasteiger partial charge in [0.25, 0.3) is 5.91 Å². The lowest BCUT2D eigenvalue weighted by Crippen LogP contribution is -2.39. The smallest absolute Gasteiger partial charge is 0.261 e. The van der Waals surface area contributed by atoms with Gasteiger partial charge in [0.2, 0.25) is 0 Å². The van der Waals surface area contributed by atoms with E-state index >= 15 is 0 Å². The molecule has 0 bridgehead atoms. The Labute approximate surface area is 159 Å². The van der Waals surface area contributed by atoms with Crippen molar-refractivity contribution in [3.05, 3.63) is 57.8 Å². The molecule has 0 spiro atoms. The average molecular weight is 400 g/mol. The minimum absolute atomic E-state index is 0.236. The highest BCUT2D eigenvalue weighted by Crippen LogP contribution is 2.37. The fraction of sp³-hybridized carbons (Fsp3) is 0.278. The van der Waals surface area contributed by atoms with Gasteiger partial charge in [0.15, 0.2) is 6.10 Å². The van der Waals surface area contributed by atoms with Crippen LogP contribution in [0.25, 0.3) is 0 Å². The van der Waals surface area contributed by atoms with E-state index in [0.717, 1.165) is 22.6 Å². The Morgan fingerprint density at radius 1 is 1.36 bits per heavy atom. The number of benzene rings is 2. The summed E-state index contributed by atoms with van der Waals surface area (Å²) in [7, 11) is 0. The molecule has 0 fully saturated rings. The van der Waals surface area contributed by atoms with E-state index in [-0.39, 0.29) is 22.8 Å². The van der Waals surface area contributed by atoms with E-state index in [4.69, 9.17) is 27.9 Å². The zero-order valence-corrected chi connectivity index (χ0v) is 15.7. The van der Waals surface area contributed by atoms with Gasteiger partial charge in [-0.2, -0.15) is 0 Å². The molecule has 1 N–H and O–H groups in total. The van der Waals surface area contributed by atoms with Crippen LogP contribution in [0.15, 0.2) is 41.3 Å². The number of ether oxygens (including phenoxy) is 1. The first-order chi connectivity index (χ1) is 12.0. The molecule has 2 atom stereocenters. The van der Waals surface area contributed by atoms with Crippen LogP contribution in [0.3, 0.4) is 0 Å². The Morgan fingerprint density at radius 3 is 2.96 bits per heavy atom. The van der Waals surface area contributed by atoms with Crippen molar-refractivity contribution in [1.82, 2.24) is 5.32 Å². The van der Waals surface area contributed by atoms with Gasteiger partial charge in [0.1, 0.15) is 16.6 Å². The quantitative estimate of drug-likeness (QED) is 0.762. The zero-order valence-electron chi connectivity index (χ0n) is 13.4. The molecule has 3 rings (SSSR count). The normalized spacial score (nSPS) is 17.5. The van der Waals surface area contributed by atoms with E-state index in [2.05, 4.69) is 5.32 Å². The summed E-state index contributed by atoms with van der Waals surface area (Å²) in [6.45, 7) is 1.64. The summed E-state index contributed by atoms with van der Waals surface area (Å²) >= 11 is 13.7. The third-order valence-corrected chi connectivity index (χ3v) is 5.84. The van der Waals surface area contributed by atoms with Crippen molar-refractivity contribution in [3.8, 4) is 5.75 Å². The van der Waals surface area contributed by atoms with Crippen LogP contribution in [0.2, 0.25) is 10.0 Å². The molecule has 2 aromatic rings. The first-order valence-electron chi connectivity index (χ1n) is 7.79. The highest BCUT2D eigenvalue weighted by molar-refractivity contribution is 7.99. The highest BCUT2D eigenvalue weighted by atomic mass is 35.5. The summed E-state index contributed by atoms with van der Waals surface area (Å²) in [4.78, 5) is 13.5. The van der Waals surface area contributed by atoms with Gasteiger partial charge in [-0.05, 0) is 49.2 Å². The molecule has 1 aliphatic rings. The Kier molecular flexibility index (Phi) is 5.77. The first kappa shape index (κ1) is 18.4. The second-order valence-corrected chi connectivity index (χ2v) is 7.61. The molecule has 7 heteroatoms. The number of halogens is 3. The molecule has 0 aliphatic carbocycles. The third kappa shape index (κ3) is 4.22. The largest absolute Gasteiger partial charge is 0.479 e. The fourth-order valence-electron chi connectivity index (χ4n) is 2.62. The number of carbonyl (C=O) groups is 1. The van der Waals surface area contributed by atoms with Gasteiger partial charge in [0, 0.05) is 10.6 Å². The molecule has 2 aromatic carbocycles. The number of rotatable bonds is 4. The number of fused-ring (bicyclic) bond motifs is 1. The van der Waals surface area contributed by atoms with Crippen LogP contribution in [0, 0.1) is 5.82 Å². The lowest BCUT2D eigenvalue weighted by Gasteiger charge is -2.27. The van der Waals surface area contributed by atoms with Crippen LogP contribution in [-0.2, 0) is 4.79 Å². The molecule has 1 aliphatic heterocycles. The lowest BCUT2D eigenvalue weighted by molar-refractivity contribution is -0.128. The monoisotopic (exact) mass is 399 g/mol. The van der Waals surface area contributed by atoms with Crippen LogP contribution in [-0.4, -0.2) is 17.8 Å². The van der Waals surface area contributed by atoms with Gasteiger partial charge in [0.05, 0.1) is 11.1 Å². The zero-order chi connectivity index (χ0) is 18.0. The molecule has 0 saturated heterocycles. The van der Waals surface area contributed by atoms with Gasteiger partial charge >= 0.3 is 0 Å². The first-order valence-corrected chi connectivity index (χ1v) is 9.53. The lowest BCUT2D eigenvalue weighted by atomic mass is 10.0. The Morgan fingerprint density at radius 2 is 2.16 bits per heavy atom. The average Bonchev–Trinajstić information content (AvgIpc) is 2.59. The van der Waals surface area contributed by atoms with Crippen LogP contribution >= 0.6 is 35.0 Å². The topological polar surface area (TPSA) is 38.3 Å².